The van der Waals surface area contributed by atoms with Gasteiger partial charge in [-0.3, -0.25) is 0 Å². The van der Waals surface area contributed by atoms with Gasteiger partial charge in [0.15, 0.2) is 0 Å². The predicted octanol–water partition coefficient (Wildman–Crippen LogP) is 12.0. The molecular weight excluding hydrogens is 958 g/mol. The van der Waals surface area contributed by atoms with E-state index in [1.807, 2.05) is 0 Å². The second-order valence-corrected chi connectivity index (χ2v) is 10.5. The molecule has 0 bridgehead atoms. The Morgan fingerprint density at radius 3 is 0.627 bits per heavy atom. The summed E-state index contributed by atoms with van der Waals surface area (Å²) in [5, 5.41) is 0. The summed E-state index contributed by atoms with van der Waals surface area (Å²) in [6, 6.07) is 0. The fourth-order valence-corrected chi connectivity index (χ4v) is 3.11. The van der Waals surface area contributed by atoms with Gasteiger partial charge >= 0.3 is 96.1 Å². The lowest BCUT2D eigenvalue weighted by Gasteiger charge is -2.42. The van der Waals surface area contributed by atoms with E-state index in [4.69, 9.17) is 0 Å². The number of ether oxygens (including phenoxy) is 3. The standard InChI is InChI=1S/C22H8F34O3/c23-5(9(29,30)15(41,42)19(49,50)21(53,54)17(45,46)11(33,34)7(25)26)13(37,38)58-3-1-57-2-4-59-14(39,40)6(24)10(31,32)16(43,44)20(51,52)22(55,56)18(47,48)12(35,36)8(27)28/h1-8H. The third-order valence-electron chi connectivity index (χ3n) is 6.53. The van der Waals surface area contributed by atoms with Gasteiger partial charge in [0.1, 0.15) is 25.0 Å². The number of hydrogen-bond acceptors (Lipinski definition) is 3. The molecular formula is C22H8F34O3. The van der Waals surface area contributed by atoms with Crippen LogP contribution in [0.5, 0.6) is 0 Å². The maximum Gasteiger partial charge on any atom is 0.435 e. The molecule has 0 aromatic heterocycles. The maximum atomic E-state index is 13.7. The molecule has 0 saturated carbocycles. The summed E-state index contributed by atoms with van der Waals surface area (Å²) < 4.78 is 459. The molecule has 59 heavy (non-hydrogen) atoms. The van der Waals surface area contributed by atoms with Crippen LogP contribution in [0.25, 0.3) is 0 Å². The van der Waals surface area contributed by atoms with Crippen molar-refractivity contribution in [3.8, 4) is 0 Å². The Kier molecular flexibility index (Phi) is 14.8. The molecule has 0 aromatic carbocycles. The van der Waals surface area contributed by atoms with Crippen molar-refractivity contribution in [2.24, 2.45) is 0 Å². The van der Waals surface area contributed by atoms with Crippen molar-refractivity contribution < 1.29 is 163 Å². The fourth-order valence-electron chi connectivity index (χ4n) is 3.11. The smallest absolute Gasteiger partial charge is 0.435 e. The van der Waals surface area contributed by atoms with Crippen LogP contribution in [-0.2, 0) is 14.2 Å². The molecule has 0 aliphatic heterocycles. The Morgan fingerprint density at radius 1 is 0.254 bits per heavy atom. The van der Waals surface area contributed by atoms with Crippen LogP contribution >= 0.6 is 0 Å². The lowest BCUT2D eigenvalue weighted by atomic mass is 9.89. The monoisotopic (exact) mass is 966 g/mol. The molecule has 3 nitrogen and oxygen atoms in total. The highest BCUT2D eigenvalue weighted by atomic mass is 19.4. The van der Waals surface area contributed by atoms with Gasteiger partial charge in [0.2, 0.25) is 0 Å². The normalized spacial score (nSPS) is 17.4. The van der Waals surface area contributed by atoms with E-state index in [1.165, 1.54) is 0 Å². The maximum absolute atomic E-state index is 13.7. The molecule has 0 radical (unpaired) electrons. The summed E-state index contributed by atoms with van der Waals surface area (Å²) in [6.45, 7) is 0. The molecule has 0 N–H and O–H groups in total. The van der Waals surface area contributed by atoms with Gasteiger partial charge in [-0.1, -0.05) is 0 Å². The van der Waals surface area contributed by atoms with Gasteiger partial charge in [-0.15, -0.1) is 0 Å². The topological polar surface area (TPSA) is 27.7 Å². The second kappa shape index (κ2) is 15.8. The van der Waals surface area contributed by atoms with E-state index in [1.54, 1.807) is 0 Å². The van der Waals surface area contributed by atoms with Crippen molar-refractivity contribution in [2.45, 2.75) is 108 Å². The van der Waals surface area contributed by atoms with E-state index in [2.05, 4.69) is 14.2 Å². The largest absolute Gasteiger partial charge is 0.466 e. The van der Waals surface area contributed by atoms with E-state index < -0.39 is 134 Å². The molecule has 0 spiro atoms. The first-order chi connectivity index (χ1) is 25.4. The van der Waals surface area contributed by atoms with Crippen molar-refractivity contribution in [3.63, 3.8) is 0 Å². The molecule has 0 saturated heterocycles. The Hall–Kier alpha value is -3.50. The summed E-state index contributed by atoms with van der Waals surface area (Å²) in [6.07, 6.45) is -43.8. The summed E-state index contributed by atoms with van der Waals surface area (Å²) in [4.78, 5) is 0. The van der Waals surface area contributed by atoms with Crippen LogP contribution in [0.1, 0.15) is 0 Å². The van der Waals surface area contributed by atoms with E-state index in [-0.39, 0.29) is 0 Å². The van der Waals surface area contributed by atoms with Crippen LogP contribution < -0.4 is 0 Å². The summed E-state index contributed by atoms with van der Waals surface area (Å²) in [7, 11) is 0. The van der Waals surface area contributed by atoms with Gasteiger partial charge < -0.3 is 14.2 Å². The van der Waals surface area contributed by atoms with Crippen LogP contribution in [0.3, 0.4) is 0 Å². The van der Waals surface area contributed by atoms with Crippen LogP contribution in [0, 0.1) is 0 Å². The molecule has 0 fully saturated rings. The predicted molar refractivity (Wildman–Crippen MR) is 113 cm³/mol. The minimum Gasteiger partial charge on any atom is -0.466 e. The van der Waals surface area contributed by atoms with Crippen LogP contribution in [0.15, 0.2) is 25.0 Å². The fraction of sp³-hybridized carbons (Fsp3) is 0.818. The summed E-state index contributed by atoms with van der Waals surface area (Å²) >= 11 is 0. The van der Waals surface area contributed by atoms with E-state index in [0.717, 1.165) is 0 Å². The zero-order valence-electron chi connectivity index (χ0n) is 25.7. The van der Waals surface area contributed by atoms with Gasteiger partial charge in [-0.2, -0.15) is 123 Å². The first-order valence-electron chi connectivity index (χ1n) is 12.9. The molecule has 352 valence electrons. The van der Waals surface area contributed by atoms with E-state index >= 15 is 0 Å². The van der Waals surface area contributed by atoms with Crippen molar-refractivity contribution in [1.29, 1.82) is 0 Å². The molecule has 0 aliphatic rings. The Bertz CT molecular complexity index is 1370. The second-order valence-electron chi connectivity index (χ2n) is 10.5. The molecule has 2 atom stereocenters. The number of alkyl halides is 34. The minimum atomic E-state index is -8.90. The highest BCUT2D eigenvalue weighted by Crippen LogP contribution is 2.64. The molecule has 0 aromatic rings. The van der Waals surface area contributed by atoms with Gasteiger partial charge in [-0.05, 0) is 0 Å². The third kappa shape index (κ3) is 8.30. The van der Waals surface area contributed by atoms with Crippen LogP contribution in [0.2, 0.25) is 0 Å². The SMILES string of the molecule is FC(F)C(F)(F)C(F)(F)C(F)(F)C(F)(F)C(F)(F)C(F)(F)C(F)C(F)(F)OC=COC=COC(F)(F)C(F)C(F)(F)C(F)(F)C(F)(F)C(F)(F)C(F)(F)C(F)(F)C(F)F. The minimum absolute atomic E-state index is 0.946. The van der Waals surface area contributed by atoms with Gasteiger partial charge in [0, 0.05) is 0 Å². The molecule has 0 aliphatic carbocycles. The van der Waals surface area contributed by atoms with Crippen molar-refractivity contribution in [1.82, 2.24) is 0 Å². The molecule has 0 amide bonds. The number of rotatable bonds is 22. The first kappa shape index (κ1) is 55.5. The third-order valence-corrected chi connectivity index (χ3v) is 6.53. The summed E-state index contributed by atoms with van der Waals surface area (Å²) in [5.74, 6) is -102. The Balaban J connectivity index is 6.17. The van der Waals surface area contributed by atoms with E-state index in [0.29, 0.717) is 0 Å². The number of halogens is 34. The molecule has 37 heteroatoms. The number of hydrogen-bond donors (Lipinski definition) is 0. The van der Waals surface area contributed by atoms with Crippen LogP contribution in [-0.4, -0.2) is 108 Å². The van der Waals surface area contributed by atoms with Crippen molar-refractivity contribution in [3.05, 3.63) is 25.0 Å². The van der Waals surface area contributed by atoms with Crippen LogP contribution in [0.4, 0.5) is 149 Å². The first-order valence-corrected chi connectivity index (χ1v) is 12.9. The van der Waals surface area contributed by atoms with Gasteiger partial charge in [-0.25, -0.2) is 26.3 Å². The quantitative estimate of drug-likeness (QED) is 0.0799. The highest BCUT2D eigenvalue weighted by molar-refractivity contribution is 5.15. The Morgan fingerprint density at radius 2 is 0.441 bits per heavy atom. The zero-order valence-corrected chi connectivity index (χ0v) is 25.7. The Labute approximate surface area is 298 Å². The summed E-state index contributed by atoms with van der Waals surface area (Å²) in [5.41, 5.74) is 0. The van der Waals surface area contributed by atoms with Gasteiger partial charge in [0.25, 0.3) is 12.3 Å². The lowest BCUT2D eigenvalue weighted by Crippen LogP contribution is -2.73. The molecule has 2 unspecified atom stereocenters. The average Bonchev–Trinajstić information content (AvgIpc) is 3.05. The zero-order chi connectivity index (χ0) is 48.3. The highest BCUT2D eigenvalue weighted by Gasteiger charge is 2.94. The van der Waals surface area contributed by atoms with E-state index in [9.17, 15) is 149 Å². The average molecular weight is 966 g/mol. The van der Waals surface area contributed by atoms with Gasteiger partial charge in [0.05, 0.1) is 0 Å². The molecule has 0 rings (SSSR count). The van der Waals surface area contributed by atoms with Crippen molar-refractivity contribution >= 4 is 0 Å². The molecule has 0 heterocycles. The lowest BCUT2D eigenvalue weighted by molar-refractivity contribution is -0.443. The van der Waals surface area contributed by atoms with Crippen molar-refractivity contribution in [2.75, 3.05) is 0 Å².